The first-order valence-corrected chi connectivity index (χ1v) is 5.73. The van der Waals surface area contributed by atoms with Gasteiger partial charge in [0.25, 0.3) is 0 Å². The lowest BCUT2D eigenvalue weighted by molar-refractivity contribution is -0.115. The minimum absolute atomic E-state index is 0.0137. The van der Waals surface area contributed by atoms with Crippen molar-refractivity contribution in [2.45, 2.75) is 26.3 Å². The number of hydrogen-bond donors (Lipinski definition) is 1. The summed E-state index contributed by atoms with van der Waals surface area (Å²) >= 11 is 5.71. The minimum Gasteiger partial charge on any atom is -0.356 e. The Bertz CT molecular complexity index is 482. The van der Waals surface area contributed by atoms with E-state index in [-0.39, 0.29) is 23.0 Å². The SMILES string of the molecule is CC(C)(C)N1CC(=O)Nc2cc(Cl)c(F)cc21. The lowest BCUT2D eigenvalue weighted by Gasteiger charge is -2.41. The maximum Gasteiger partial charge on any atom is 0.243 e. The van der Waals surface area contributed by atoms with Gasteiger partial charge in [-0.05, 0) is 26.8 Å². The van der Waals surface area contributed by atoms with E-state index in [0.29, 0.717) is 11.4 Å². The Labute approximate surface area is 105 Å². The van der Waals surface area contributed by atoms with Crippen molar-refractivity contribution >= 4 is 28.9 Å². The number of carbonyl (C=O) groups excluding carboxylic acids is 1. The fourth-order valence-corrected chi connectivity index (χ4v) is 2.04. The summed E-state index contributed by atoms with van der Waals surface area (Å²) in [5, 5.41) is 2.71. The Morgan fingerprint density at radius 1 is 1.41 bits per heavy atom. The number of carbonyl (C=O) groups is 1. The van der Waals surface area contributed by atoms with Gasteiger partial charge < -0.3 is 10.2 Å². The monoisotopic (exact) mass is 256 g/mol. The summed E-state index contributed by atoms with van der Waals surface area (Å²) in [7, 11) is 0. The van der Waals surface area contributed by atoms with E-state index >= 15 is 0 Å². The van der Waals surface area contributed by atoms with Crippen molar-refractivity contribution in [3.8, 4) is 0 Å². The second-order valence-electron chi connectivity index (χ2n) is 5.09. The van der Waals surface area contributed by atoms with E-state index in [1.807, 2.05) is 25.7 Å². The molecule has 0 saturated heterocycles. The van der Waals surface area contributed by atoms with Gasteiger partial charge in [-0.1, -0.05) is 11.6 Å². The first-order chi connectivity index (χ1) is 7.79. The number of nitrogens with one attached hydrogen (secondary N) is 1. The Balaban J connectivity index is 2.56. The zero-order chi connectivity index (χ0) is 12.8. The average molecular weight is 257 g/mol. The van der Waals surface area contributed by atoms with Crippen LogP contribution in [0.15, 0.2) is 12.1 Å². The van der Waals surface area contributed by atoms with Gasteiger partial charge in [-0.2, -0.15) is 0 Å². The molecule has 0 atom stereocenters. The molecule has 1 heterocycles. The van der Waals surface area contributed by atoms with Crippen LogP contribution in [0.4, 0.5) is 15.8 Å². The van der Waals surface area contributed by atoms with Gasteiger partial charge in [0.1, 0.15) is 5.82 Å². The third-order valence-electron chi connectivity index (χ3n) is 2.71. The smallest absolute Gasteiger partial charge is 0.243 e. The third-order valence-corrected chi connectivity index (χ3v) is 3.00. The second kappa shape index (κ2) is 3.88. The molecule has 2 rings (SSSR count). The summed E-state index contributed by atoms with van der Waals surface area (Å²) in [5.74, 6) is -0.592. The van der Waals surface area contributed by atoms with Gasteiger partial charge in [0.15, 0.2) is 0 Å². The van der Waals surface area contributed by atoms with Crippen LogP contribution >= 0.6 is 11.6 Å². The largest absolute Gasteiger partial charge is 0.356 e. The summed E-state index contributed by atoms with van der Waals surface area (Å²) in [6, 6.07) is 2.81. The molecule has 0 radical (unpaired) electrons. The highest BCUT2D eigenvalue weighted by molar-refractivity contribution is 6.31. The van der Waals surface area contributed by atoms with Crippen LogP contribution in [0.2, 0.25) is 5.02 Å². The Morgan fingerprint density at radius 3 is 2.65 bits per heavy atom. The fourth-order valence-electron chi connectivity index (χ4n) is 1.88. The van der Waals surface area contributed by atoms with Crippen LogP contribution in [0.3, 0.4) is 0 Å². The van der Waals surface area contributed by atoms with Crippen LogP contribution in [0.1, 0.15) is 20.8 Å². The number of hydrogen-bond acceptors (Lipinski definition) is 2. The molecule has 0 fully saturated rings. The van der Waals surface area contributed by atoms with Gasteiger partial charge in [-0.25, -0.2) is 4.39 Å². The third kappa shape index (κ3) is 2.22. The van der Waals surface area contributed by atoms with Crippen LogP contribution in [0.5, 0.6) is 0 Å². The predicted molar refractivity (Wildman–Crippen MR) is 67.1 cm³/mol. The number of anilines is 2. The molecule has 1 aromatic carbocycles. The van der Waals surface area contributed by atoms with Crippen LogP contribution in [-0.4, -0.2) is 18.0 Å². The van der Waals surface area contributed by atoms with Gasteiger partial charge in [0.05, 0.1) is 22.9 Å². The lowest BCUT2D eigenvalue weighted by Crippen LogP contribution is -2.49. The van der Waals surface area contributed by atoms with Crippen LogP contribution in [0.25, 0.3) is 0 Å². The van der Waals surface area contributed by atoms with Gasteiger partial charge >= 0.3 is 0 Å². The van der Waals surface area contributed by atoms with E-state index in [0.717, 1.165) is 0 Å². The van der Waals surface area contributed by atoms with Crippen molar-refractivity contribution in [1.29, 1.82) is 0 Å². The molecule has 0 aromatic heterocycles. The summed E-state index contributed by atoms with van der Waals surface area (Å²) in [6.07, 6.45) is 0. The maximum absolute atomic E-state index is 13.5. The van der Waals surface area contributed by atoms with Gasteiger partial charge in [-0.15, -0.1) is 0 Å². The zero-order valence-electron chi connectivity index (χ0n) is 9.97. The molecule has 5 heteroatoms. The van der Waals surface area contributed by atoms with Crippen LogP contribution < -0.4 is 10.2 Å². The quantitative estimate of drug-likeness (QED) is 0.774. The molecule has 92 valence electrons. The second-order valence-corrected chi connectivity index (χ2v) is 5.50. The molecule has 1 N–H and O–H groups in total. The highest BCUT2D eigenvalue weighted by Gasteiger charge is 2.30. The zero-order valence-corrected chi connectivity index (χ0v) is 10.7. The van der Waals surface area contributed by atoms with Gasteiger partial charge in [0.2, 0.25) is 5.91 Å². The number of fused-ring (bicyclic) bond motifs is 1. The number of halogens is 2. The fraction of sp³-hybridized carbons (Fsp3) is 0.417. The molecule has 0 unspecified atom stereocenters. The highest BCUT2D eigenvalue weighted by atomic mass is 35.5. The molecule has 0 saturated carbocycles. The molecule has 0 bridgehead atoms. The summed E-state index contributed by atoms with van der Waals surface area (Å²) in [5.41, 5.74) is 0.967. The first-order valence-electron chi connectivity index (χ1n) is 5.35. The van der Waals surface area contributed by atoms with Crippen molar-refractivity contribution < 1.29 is 9.18 Å². The molecule has 1 aliphatic heterocycles. The van der Waals surface area contributed by atoms with Crippen LogP contribution in [-0.2, 0) is 4.79 Å². The molecule has 1 aromatic rings. The van der Waals surface area contributed by atoms with E-state index in [1.54, 1.807) is 0 Å². The van der Waals surface area contributed by atoms with E-state index in [4.69, 9.17) is 11.6 Å². The molecule has 3 nitrogen and oxygen atoms in total. The summed E-state index contributed by atoms with van der Waals surface area (Å²) in [6.45, 7) is 6.14. The Kier molecular flexibility index (Phi) is 2.78. The summed E-state index contributed by atoms with van der Waals surface area (Å²) in [4.78, 5) is 13.5. The average Bonchev–Trinajstić information content (AvgIpc) is 2.18. The normalized spacial score (nSPS) is 15.6. The van der Waals surface area contributed by atoms with Crippen LogP contribution in [0, 0.1) is 5.82 Å². The maximum atomic E-state index is 13.5. The van der Waals surface area contributed by atoms with Gasteiger partial charge in [0, 0.05) is 11.6 Å². The van der Waals surface area contributed by atoms with Crippen molar-refractivity contribution in [2.75, 3.05) is 16.8 Å². The summed E-state index contributed by atoms with van der Waals surface area (Å²) < 4.78 is 13.5. The molecule has 1 amide bonds. The molecule has 0 spiro atoms. The molecular formula is C12H14ClFN2O. The first kappa shape index (κ1) is 12.2. The van der Waals surface area contributed by atoms with E-state index < -0.39 is 5.82 Å². The standard InChI is InChI=1S/C12H14ClFN2O/c1-12(2,3)16-6-11(17)15-9-4-7(13)8(14)5-10(9)16/h4-5H,6H2,1-3H3,(H,15,17). The lowest BCUT2D eigenvalue weighted by atomic mass is 10.0. The highest BCUT2D eigenvalue weighted by Crippen LogP contribution is 2.37. The van der Waals surface area contributed by atoms with Crippen molar-refractivity contribution in [1.82, 2.24) is 0 Å². The van der Waals surface area contributed by atoms with Crippen molar-refractivity contribution in [3.63, 3.8) is 0 Å². The Morgan fingerprint density at radius 2 is 2.06 bits per heavy atom. The number of benzene rings is 1. The molecule has 17 heavy (non-hydrogen) atoms. The van der Waals surface area contributed by atoms with Crippen molar-refractivity contribution in [3.05, 3.63) is 23.0 Å². The van der Waals surface area contributed by atoms with E-state index in [2.05, 4.69) is 5.32 Å². The van der Waals surface area contributed by atoms with Gasteiger partial charge in [-0.3, -0.25) is 4.79 Å². The predicted octanol–water partition coefficient (Wildman–Crippen LogP) is 3.04. The topological polar surface area (TPSA) is 32.3 Å². The van der Waals surface area contributed by atoms with E-state index in [9.17, 15) is 9.18 Å². The Hall–Kier alpha value is -1.29. The molecule has 1 aliphatic rings. The molecule has 0 aliphatic carbocycles. The van der Waals surface area contributed by atoms with E-state index in [1.165, 1.54) is 12.1 Å². The van der Waals surface area contributed by atoms with Crippen molar-refractivity contribution in [2.24, 2.45) is 0 Å². The molecular weight excluding hydrogens is 243 g/mol. The number of rotatable bonds is 0. The number of amides is 1. The minimum atomic E-state index is -0.476. The number of nitrogens with zero attached hydrogens (tertiary/aromatic N) is 1.